The number of amides is 1. The topological polar surface area (TPSA) is 66.8 Å². The zero-order valence-electron chi connectivity index (χ0n) is 14.7. The number of rotatable bonds is 3. The molecule has 1 spiro atoms. The van der Waals surface area contributed by atoms with Crippen LogP contribution in [0.5, 0.6) is 0 Å². The Morgan fingerprint density at radius 1 is 1.08 bits per heavy atom. The first kappa shape index (κ1) is 18.0. The number of aliphatic carboxylic acids is 1. The maximum Gasteiger partial charge on any atom is 0.307 e. The third-order valence-electron chi connectivity index (χ3n) is 6.69. The molecular weight excluding hydrogens is 398 g/mol. The van der Waals surface area contributed by atoms with E-state index in [4.69, 9.17) is 4.74 Å². The predicted molar refractivity (Wildman–Crippen MR) is 99.9 cm³/mol. The molecule has 26 heavy (non-hydrogen) atoms. The van der Waals surface area contributed by atoms with Gasteiger partial charge in [-0.2, -0.15) is 0 Å². The minimum atomic E-state index is -0.680. The molecule has 3 aliphatic rings. The van der Waals surface area contributed by atoms with Crippen LogP contribution >= 0.6 is 15.9 Å². The summed E-state index contributed by atoms with van der Waals surface area (Å²) in [6.07, 6.45) is 3.79. The smallest absolute Gasteiger partial charge is 0.307 e. The number of nitrogens with zero attached hydrogens (tertiary/aromatic N) is 1. The lowest BCUT2D eigenvalue weighted by molar-refractivity contribution is -0.143. The van der Waals surface area contributed by atoms with E-state index in [0.717, 1.165) is 29.3 Å². The molecule has 1 saturated carbocycles. The summed E-state index contributed by atoms with van der Waals surface area (Å²) in [6, 6.07) is 8.07. The molecule has 1 aliphatic carbocycles. The number of hydrogen-bond donors (Lipinski definition) is 1. The molecule has 2 heterocycles. The van der Waals surface area contributed by atoms with Gasteiger partial charge in [-0.15, -0.1) is 0 Å². The van der Waals surface area contributed by atoms with Gasteiger partial charge in [0, 0.05) is 30.8 Å². The molecule has 1 aromatic rings. The Morgan fingerprint density at radius 2 is 1.69 bits per heavy atom. The summed E-state index contributed by atoms with van der Waals surface area (Å²) < 4.78 is 6.55. The van der Waals surface area contributed by atoms with E-state index in [1.54, 1.807) is 0 Å². The largest absolute Gasteiger partial charge is 0.481 e. The average Bonchev–Trinajstić information content (AvgIpc) is 3.37. The van der Waals surface area contributed by atoms with Crippen LogP contribution in [0.2, 0.25) is 0 Å². The summed E-state index contributed by atoms with van der Waals surface area (Å²) in [6.45, 7) is 2.53. The van der Waals surface area contributed by atoms with Gasteiger partial charge in [-0.3, -0.25) is 9.59 Å². The molecule has 6 heteroatoms. The summed E-state index contributed by atoms with van der Waals surface area (Å²) in [5, 5.41) is 9.26. The number of hydrogen-bond acceptors (Lipinski definition) is 3. The van der Waals surface area contributed by atoms with Crippen molar-refractivity contribution in [1.82, 2.24) is 4.90 Å². The van der Waals surface area contributed by atoms with Crippen LogP contribution in [0.1, 0.15) is 37.7 Å². The van der Waals surface area contributed by atoms with Crippen molar-refractivity contribution in [3.63, 3.8) is 0 Å². The second-order valence-electron chi connectivity index (χ2n) is 7.95. The second kappa shape index (κ2) is 6.64. The van der Waals surface area contributed by atoms with Gasteiger partial charge in [0.25, 0.3) is 0 Å². The zero-order valence-corrected chi connectivity index (χ0v) is 16.3. The molecule has 140 valence electrons. The van der Waals surface area contributed by atoms with Gasteiger partial charge in [-0.1, -0.05) is 28.1 Å². The molecule has 0 radical (unpaired) electrons. The number of halogens is 1. The molecule has 1 aromatic carbocycles. The molecule has 2 aliphatic heterocycles. The fourth-order valence-electron chi connectivity index (χ4n) is 4.82. The first-order valence-corrected chi connectivity index (χ1v) is 10.1. The molecule has 3 fully saturated rings. The minimum absolute atomic E-state index is 0.0525. The van der Waals surface area contributed by atoms with Crippen LogP contribution < -0.4 is 0 Å². The second-order valence-corrected chi connectivity index (χ2v) is 8.87. The van der Waals surface area contributed by atoms with Crippen LogP contribution in [0.3, 0.4) is 0 Å². The van der Waals surface area contributed by atoms with E-state index in [9.17, 15) is 14.7 Å². The molecule has 0 bridgehead atoms. The summed E-state index contributed by atoms with van der Waals surface area (Å²) in [4.78, 5) is 26.8. The van der Waals surface area contributed by atoms with Crippen molar-refractivity contribution in [2.24, 2.45) is 11.3 Å². The van der Waals surface area contributed by atoms with E-state index in [1.165, 1.54) is 0 Å². The van der Waals surface area contributed by atoms with Crippen LogP contribution in [0, 0.1) is 11.3 Å². The Morgan fingerprint density at radius 3 is 2.23 bits per heavy atom. The molecule has 1 atom stereocenters. The normalized spacial score (nSPS) is 26.5. The van der Waals surface area contributed by atoms with Gasteiger partial charge in [-0.25, -0.2) is 0 Å². The molecule has 4 rings (SSSR count). The first-order valence-electron chi connectivity index (χ1n) is 9.33. The predicted octanol–water partition coefficient (Wildman–Crippen LogP) is 3.21. The maximum absolute atomic E-state index is 13.5. The standard InChI is InChI=1S/C20H24BrNO4/c21-15-3-1-14(2-4-15)20(7-11-26-12-8-20)18(25)22-9-5-19(6-10-22)13-16(19)17(23)24/h1-4,16H,5-13H2,(H,23,24). The van der Waals surface area contributed by atoms with E-state index < -0.39 is 11.4 Å². The highest BCUT2D eigenvalue weighted by molar-refractivity contribution is 9.10. The summed E-state index contributed by atoms with van der Waals surface area (Å²) >= 11 is 3.47. The van der Waals surface area contributed by atoms with Gasteiger partial charge in [-0.05, 0) is 55.2 Å². The Hall–Kier alpha value is -1.40. The average molecular weight is 422 g/mol. The van der Waals surface area contributed by atoms with E-state index in [1.807, 2.05) is 29.2 Å². The Balaban J connectivity index is 1.53. The van der Waals surface area contributed by atoms with E-state index in [-0.39, 0.29) is 17.2 Å². The zero-order chi connectivity index (χ0) is 18.4. The highest BCUT2D eigenvalue weighted by Crippen LogP contribution is 2.59. The number of likely N-dealkylation sites (tertiary alicyclic amines) is 1. The van der Waals surface area contributed by atoms with Crippen molar-refractivity contribution in [2.75, 3.05) is 26.3 Å². The van der Waals surface area contributed by atoms with Crippen LogP contribution in [-0.4, -0.2) is 48.2 Å². The fraction of sp³-hybridized carbons (Fsp3) is 0.600. The molecule has 1 amide bonds. The van der Waals surface area contributed by atoms with Crippen LogP contribution in [0.15, 0.2) is 28.7 Å². The van der Waals surface area contributed by atoms with Crippen LogP contribution in [0.25, 0.3) is 0 Å². The van der Waals surface area contributed by atoms with Crippen LogP contribution in [-0.2, 0) is 19.7 Å². The number of ether oxygens (including phenoxy) is 1. The molecule has 0 aromatic heterocycles. The van der Waals surface area contributed by atoms with E-state index in [2.05, 4.69) is 15.9 Å². The Bertz CT molecular complexity index is 703. The quantitative estimate of drug-likeness (QED) is 0.813. The molecule has 1 unspecified atom stereocenters. The van der Waals surface area contributed by atoms with Gasteiger partial charge in [0.1, 0.15) is 0 Å². The SMILES string of the molecule is O=C(O)C1CC12CCN(C(=O)C1(c3ccc(Br)cc3)CCOCC1)CC2. The van der Waals surface area contributed by atoms with E-state index in [0.29, 0.717) is 39.1 Å². The van der Waals surface area contributed by atoms with Gasteiger partial charge >= 0.3 is 5.97 Å². The molecule has 1 N–H and O–H groups in total. The van der Waals surface area contributed by atoms with Gasteiger partial charge < -0.3 is 14.7 Å². The van der Waals surface area contributed by atoms with Gasteiger partial charge in [0.05, 0.1) is 11.3 Å². The van der Waals surface area contributed by atoms with Crippen molar-refractivity contribution in [3.8, 4) is 0 Å². The third-order valence-corrected chi connectivity index (χ3v) is 7.22. The van der Waals surface area contributed by atoms with Crippen molar-refractivity contribution in [3.05, 3.63) is 34.3 Å². The highest BCUT2D eigenvalue weighted by atomic mass is 79.9. The highest BCUT2D eigenvalue weighted by Gasteiger charge is 2.59. The number of piperidine rings is 1. The lowest BCUT2D eigenvalue weighted by atomic mass is 9.72. The summed E-state index contributed by atoms with van der Waals surface area (Å²) in [7, 11) is 0. The molecule has 2 saturated heterocycles. The van der Waals surface area contributed by atoms with E-state index >= 15 is 0 Å². The van der Waals surface area contributed by atoms with Gasteiger partial charge in [0.2, 0.25) is 5.91 Å². The number of carbonyl (C=O) groups is 2. The summed E-state index contributed by atoms with van der Waals surface area (Å²) in [5.41, 5.74) is 0.492. The van der Waals surface area contributed by atoms with Crippen molar-refractivity contribution >= 4 is 27.8 Å². The number of carboxylic acid groups (broad SMARTS) is 1. The fourth-order valence-corrected chi connectivity index (χ4v) is 5.09. The lowest BCUT2D eigenvalue weighted by Gasteiger charge is -2.42. The monoisotopic (exact) mass is 421 g/mol. The maximum atomic E-state index is 13.5. The van der Waals surface area contributed by atoms with Crippen molar-refractivity contribution < 1.29 is 19.4 Å². The van der Waals surface area contributed by atoms with Crippen LogP contribution in [0.4, 0.5) is 0 Å². The molecule has 5 nitrogen and oxygen atoms in total. The third kappa shape index (κ3) is 2.97. The van der Waals surface area contributed by atoms with Crippen molar-refractivity contribution in [2.45, 2.75) is 37.5 Å². The van der Waals surface area contributed by atoms with Gasteiger partial charge in [0.15, 0.2) is 0 Å². The first-order chi connectivity index (χ1) is 12.5. The van der Waals surface area contributed by atoms with Crippen molar-refractivity contribution in [1.29, 1.82) is 0 Å². The number of benzene rings is 1. The molecular formula is C20H24BrNO4. The Kier molecular flexibility index (Phi) is 4.59. The minimum Gasteiger partial charge on any atom is -0.481 e. The lowest BCUT2D eigenvalue weighted by Crippen LogP contribution is -2.52. The number of carbonyl (C=O) groups excluding carboxylic acids is 1. The summed E-state index contributed by atoms with van der Waals surface area (Å²) in [5.74, 6) is -0.700. The Labute approximate surface area is 161 Å². The number of carboxylic acids is 1.